The van der Waals surface area contributed by atoms with Crippen molar-refractivity contribution in [3.05, 3.63) is 59.4 Å². The SMILES string of the molecule is Cc1ccc(C(=O)OCC(=O)c2ccc(NC(=O)CC(C)C)cc2)cn1. The van der Waals surface area contributed by atoms with Gasteiger partial charge in [0.1, 0.15) is 0 Å². The summed E-state index contributed by atoms with van der Waals surface area (Å²) < 4.78 is 5.02. The van der Waals surface area contributed by atoms with Gasteiger partial charge in [-0.2, -0.15) is 0 Å². The van der Waals surface area contributed by atoms with Crippen LogP contribution in [0.4, 0.5) is 5.69 Å². The van der Waals surface area contributed by atoms with E-state index in [0.29, 0.717) is 23.2 Å². The molecule has 2 aromatic rings. The molecule has 1 aromatic heterocycles. The van der Waals surface area contributed by atoms with E-state index in [2.05, 4.69) is 10.3 Å². The second-order valence-electron chi connectivity index (χ2n) is 6.41. The Morgan fingerprint density at radius 2 is 1.69 bits per heavy atom. The average molecular weight is 354 g/mol. The van der Waals surface area contributed by atoms with Gasteiger partial charge in [-0.3, -0.25) is 14.6 Å². The highest BCUT2D eigenvalue weighted by Gasteiger charge is 2.12. The lowest BCUT2D eigenvalue weighted by Gasteiger charge is -2.08. The van der Waals surface area contributed by atoms with Gasteiger partial charge in [0.25, 0.3) is 0 Å². The Balaban J connectivity index is 1.88. The number of rotatable bonds is 7. The van der Waals surface area contributed by atoms with Gasteiger partial charge in [0.05, 0.1) is 5.56 Å². The van der Waals surface area contributed by atoms with Crippen molar-refractivity contribution >= 4 is 23.3 Å². The lowest BCUT2D eigenvalue weighted by molar-refractivity contribution is -0.116. The summed E-state index contributed by atoms with van der Waals surface area (Å²) in [6, 6.07) is 9.78. The van der Waals surface area contributed by atoms with Crippen LogP contribution in [-0.2, 0) is 9.53 Å². The molecule has 0 aliphatic carbocycles. The molecule has 0 fully saturated rings. The van der Waals surface area contributed by atoms with E-state index in [1.807, 2.05) is 20.8 Å². The van der Waals surface area contributed by atoms with Gasteiger partial charge >= 0.3 is 5.97 Å². The van der Waals surface area contributed by atoms with Gasteiger partial charge in [0.15, 0.2) is 12.4 Å². The first-order chi connectivity index (χ1) is 12.3. The van der Waals surface area contributed by atoms with Crippen molar-refractivity contribution in [1.82, 2.24) is 4.98 Å². The Kier molecular flexibility index (Phi) is 6.60. The number of esters is 1. The molecule has 0 spiro atoms. The second-order valence-corrected chi connectivity index (χ2v) is 6.41. The number of Topliss-reactive ketones (excluding diaryl/α,β-unsaturated/α-hetero) is 1. The number of aromatic nitrogens is 1. The number of ether oxygens (including phenoxy) is 1. The monoisotopic (exact) mass is 354 g/mol. The Labute approximate surface area is 152 Å². The number of ketones is 1. The third-order valence-corrected chi connectivity index (χ3v) is 3.57. The zero-order valence-corrected chi connectivity index (χ0v) is 15.1. The van der Waals surface area contributed by atoms with Gasteiger partial charge in [-0.15, -0.1) is 0 Å². The van der Waals surface area contributed by atoms with E-state index >= 15 is 0 Å². The second kappa shape index (κ2) is 8.89. The fourth-order valence-corrected chi connectivity index (χ4v) is 2.21. The first kappa shape index (κ1) is 19.3. The minimum Gasteiger partial charge on any atom is -0.454 e. The standard InChI is InChI=1S/C20H22N2O4/c1-13(2)10-19(24)22-17-8-6-15(7-9-17)18(23)12-26-20(25)16-5-4-14(3)21-11-16/h4-9,11,13H,10,12H2,1-3H3,(H,22,24). The highest BCUT2D eigenvalue weighted by molar-refractivity contribution is 6.00. The Morgan fingerprint density at radius 1 is 1.04 bits per heavy atom. The molecule has 6 nitrogen and oxygen atoms in total. The smallest absolute Gasteiger partial charge is 0.340 e. The summed E-state index contributed by atoms with van der Waals surface area (Å²) in [7, 11) is 0. The molecule has 136 valence electrons. The molecule has 0 saturated heterocycles. The largest absolute Gasteiger partial charge is 0.454 e. The van der Waals surface area contributed by atoms with Crippen LogP contribution in [0.1, 0.15) is 46.7 Å². The summed E-state index contributed by atoms with van der Waals surface area (Å²) in [5.74, 6) is -0.712. The maximum Gasteiger partial charge on any atom is 0.340 e. The summed E-state index contributed by atoms with van der Waals surface area (Å²) in [5, 5.41) is 2.77. The van der Waals surface area contributed by atoms with Crippen molar-refractivity contribution in [2.24, 2.45) is 5.92 Å². The van der Waals surface area contributed by atoms with Gasteiger partial charge in [-0.1, -0.05) is 13.8 Å². The number of carbonyl (C=O) groups is 3. The number of aryl methyl sites for hydroxylation is 1. The van der Waals surface area contributed by atoms with Crippen LogP contribution in [0.2, 0.25) is 0 Å². The Bertz CT molecular complexity index is 780. The molecule has 0 unspecified atom stereocenters. The molecule has 26 heavy (non-hydrogen) atoms. The summed E-state index contributed by atoms with van der Waals surface area (Å²) in [6.07, 6.45) is 1.85. The number of nitrogens with one attached hydrogen (secondary N) is 1. The summed E-state index contributed by atoms with van der Waals surface area (Å²) >= 11 is 0. The molecule has 1 N–H and O–H groups in total. The lowest BCUT2D eigenvalue weighted by Crippen LogP contribution is -2.15. The number of hydrogen-bond acceptors (Lipinski definition) is 5. The van der Waals surface area contributed by atoms with Gasteiger partial charge in [-0.05, 0) is 49.2 Å². The van der Waals surface area contributed by atoms with Crippen molar-refractivity contribution in [3.63, 3.8) is 0 Å². The minimum atomic E-state index is -0.594. The first-order valence-electron chi connectivity index (χ1n) is 8.38. The van der Waals surface area contributed by atoms with Crippen LogP contribution in [0, 0.1) is 12.8 Å². The fraction of sp³-hybridized carbons (Fsp3) is 0.300. The van der Waals surface area contributed by atoms with Crippen molar-refractivity contribution < 1.29 is 19.1 Å². The van der Waals surface area contributed by atoms with E-state index in [1.165, 1.54) is 6.20 Å². The Morgan fingerprint density at radius 3 is 2.27 bits per heavy atom. The number of carbonyl (C=O) groups excluding carboxylic acids is 3. The number of pyridine rings is 1. The predicted octanol–water partition coefficient (Wildman–Crippen LogP) is 3.41. The molecule has 0 saturated carbocycles. The van der Waals surface area contributed by atoms with Crippen molar-refractivity contribution in [3.8, 4) is 0 Å². The van der Waals surface area contributed by atoms with Crippen LogP contribution in [0.25, 0.3) is 0 Å². The number of amides is 1. The minimum absolute atomic E-state index is 0.0697. The van der Waals surface area contributed by atoms with E-state index in [4.69, 9.17) is 4.74 Å². The van der Waals surface area contributed by atoms with Gasteiger partial charge < -0.3 is 10.1 Å². The summed E-state index contributed by atoms with van der Waals surface area (Å²) in [4.78, 5) is 39.8. The highest BCUT2D eigenvalue weighted by atomic mass is 16.5. The molecule has 2 rings (SSSR count). The van der Waals surface area contributed by atoms with E-state index in [0.717, 1.165) is 5.69 Å². The molecule has 0 bridgehead atoms. The lowest BCUT2D eigenvalue weighted by atomic mass is 10.1. The van der Waals surface area contributed by atoms with Crippen LogP contribution >= 0.6 is 0 Å². The maximum absolute atomic E-state index is 12.1. The van der Waals surface area contributed by atoms with Crippen LogP contribution in [-0.4, -0.2) is 29.3 Å². The predicted molar refractivity (Wildman–Crippen MR) is 98.1 cm³/mol. The van der Waals surface area contributed by atoms with E-state index in [1.54, 1.807) is 36.4 Å². The Hall–Kier alpha value is -3.02. The topological polar surface area (TPSA) is 85.4 Å². The normalized spacial score (nSPS) is 10.5. The summed E-state index contributed by atoms with van der Waals surface area (Å²) in [5.41, 5.74) is 2.11. The third kappa shape index (κ3) is 5.81. The number of hydrogen-bond donors (Lipinski definition) is 1. The maximum atomic E-state index is 12.1. The molecular weight excluding hydrogens is 332 g/mol. The van der Waals surface area contributed by atoms with Gasteiger partial charge in [0, 0.05) is 29.6 Å². The van der Waals surface area contributed by atoms with E-state index < -0.39 is 5.97 Å². The highest BCUT2D eigenvalue weighted by Crippen LogP contribution is 2.12. The van der Waals surface area contributed by atoms with Crippen LogP contribution in [0.3, 0.4) is 0 Å². The number of anilines is 1. The van der Waals surface area contributed by atoms with E-state index in [9.17, 15) is 14.4 Å². The quantitative estimate of drug-likeness (QED) is 0.608. The molecular formula is C20H22N2O4. The fourth-order valence-electron chi connectivity index (χ4n) is 2.21. The summed E-state index contributed by atoms with van der Waals surface area (Å²) in [6.45, 7) is 5.39. The van der Waals surface area contributed by atoms with Crippen molar-refractivity contribution in [2.45, 2.75) is 27.2 Å². The van der Waals surface area contributed by atoms with E-state index in [-0.39, 0.29) is 24.2 Å². The van der Waals surface area contributed by atoms with Gasteiger partial charge in [0.2, 0.25) is 5.91 Å². The molecule has 1 amide bonds. The molecule has 0 radical (unpaired) electrons. The molecule has 6 heteroatoms. The van der Waals surface area contributed by atoms with Crippen molar-refractivity contribution in [2.75, 3.05) is 11.9 Å². The molecule has 1 aromatic carbocycles. The molecule has 1 heterocycles. The van der Waals surface area contributed by atoms with Crippen LogP contribution in [0.5, 0.6) is 0 Å². The van der Waals surface area contributed by atoms with Crippen LogP contribution < -0.4 is 5.32 Å². The van der Waals surface area contributed by atoms with Crippen LogP contribution in [0.15, 0.2) is 42.6 Å². The zero-order valence-electron chi connectivity index (χ0n) is 15.1. The zero-order chi connectivity index (χ0) is 19.1. The number of benzene rings is 1. The third-order valence-electron chi connectivity index (χ3n) is 3.57. The molecule has 0 atom stereocenters. The number of nitrogens with zero attached hydrogens (tertiary/aromatic N) is 1. The molecule has 0 aliphatic rings. The first-order valence-corrected chi connectivity index (χ1v) is 8.38. The van der Waals surface area contributed by atoms with Gasteiger partial charge in [-0.25, -0.2) is 4.79 Å². The average Bonchev–Trinajstić information content (AvgIpc) is 2.60. The van der Waals surface area contributed by atoms with Crippen molar-refractivity contribution in [1.29, 1.82) is 0 Å². The molecule has 0 aliphatic heterocycles.